The number of hydrogen-bond acceptors (Lipinski definition) is 8. The Balaban J connectivity index is 1.53. The smallest absolute Gasteiger partial charge is 0.270 e. The lowest BCUT2D eigenvalue weighted by atomic mass is 9.85. The lowest BCUT2D eigenvalue weighted by Gasteiger charge is -2.38. The van der Waals surface area contributed by atoms with E-state index in [-0.39, 0.29) is 11.6 Å². The van der Waals surface area contributed by atoms with Crippen molar-refractivity contribution < 1.29 is 15.0 Å². The van der Waals surface area contributed by atoms with Crippen molar-refractivity contribution in [2.75, 3.05) is 19.0 Å². The lowest BCUT2D eigenvalue weighted by Crippen LogP contribution is -2.54. The molecule has 1 amide bonds. The highest BCUT2D eigenvalue weighted by Crippen LogP contribution is 2.32. The number of nitrogens with one attached hydrogen (secondary N) is 1. The number of carbonyl (C=O) groups excluding carboxylic acids is 1. The van der Waals surface area contributed by atoms with E-state index in [4.69, 9.17) is 0 Å². The van der Waals surface area contributed by atoms with Crippen LogP contribution in [0.2, 0.25) is 0 Å². The molecule has 10 heteroatoms. The van der Waals surface area contributed by atoms with Crippen LogP contribution in [0.1, 0.15) is 35.1 Å². The molecule has 1 saturated carbocycles. The van der Waals surface area contributed by atoms with Crippen molar-refractivity contribution in [2.24, 2.45) is 0 Å². The van der Waals surface area contributed by atoms with E-state index in [0.717, 1.165) is 5.69 Å². The maximum atomic E-state index is 12.5. The Kier molecular flexibility index (Phi) is 5.35. The second-order valence-corrected chi connectivity index (χ2v) is 7.79. The number of imidazole rings is 1. The van der Waals surface area contributed by atoms with Gasteiger partial charge in [-0.1, -0.05) is 6.07 Å². The van der Waals surface area contributed by atoms with Crippen molar-refractivity contribution in [1.82, 2.24) is 29.8 Å². The highest BCUT2D eigenvalue weighted by atomic mass is 16.3. The van der Waals surface area contributed by atoms with Gasteiger partial charge >= 0.3 is 0 Å². The standard InChI is InChI=1S/C20H25N7O3/c1-11-5-4-6-13(24-11)20(30)25-12-7-8-14(17(29)16(12)28)27-10-23-15-18(26(2)3)21-9-22-19(15)27/h4-6,9-10,12,14,16-17,28-29H,7-8H2,1-3H3,(H,25,30)/t12-,14-,16-,17-/m1/s1. The molecule has 0 bridgehead atoms. The van der Waals surface area contributed by atoms with E-state index in [9.17, 15) is 15.0 Å². The fourth-order valence-corrected chi connectivity index (χ4v) is 3.94. The number of amides is 1. The van der Waals surface area contributed by atoms with Crippen LogP contribution < -0.4 is 10.2 Å². The molecule has 3 aromatic heterocycles. The minimum absolute atomic E-state index is 0.285. The van der Waals surface area contributed by atoms with Crippen LogP contribution in [0.5, 0.6) is 0 Å². The van der Waals surface area contributed by atoms with E-state index < -0.39 is 24.3 Å². The molecule has 10 nitrogen and oxygen atoms in total. The Hall–Kier alpha value is -3.11. The molecule has 3 heterocycles. The molecule has 0 unspecified atom stereocenters. The number of aryl methyl sites for hydroxylation is 1. The van der Waals surface area contributed by atoms with Crippen LogP contribution in [0.4, 0.5) is 5.82 Å². The molecule has 0 aromatic carbocycles. The van der Waals surface area contributed by atoms with Crippen molar-refractivity contribution in [2.45, 2.75) is 44.1 Å². The van der Waals surface area contributed by atoms with Crippen molar-refractivity contribution in [1.29, 1.82) is 0 Å². The SMILES string of the molecule is Cc1cccc(C(=O)N[C@@H]2CC[C@@H](n3cnc4c(N(C)C)ncnc43)[C@@H](O)[C@@H]2O)n1. The number of anilines is 1. The van der Waals surface area contributed by atoms with Crippen LogP contribution in [0.25, 0.3) is 11.2 Å². The molecule has 4 rings (SSSR count). The Morgan fingerprint density at radius 1 is 1.17 bits per heavy atom. The van der Waals surface area contributed by atoms with Crippen molar-refractivity contribution in [3.8, 4) is 0 Å². The predicted octanol–water partition coefficient (Wildman–Crippen LogP) is 0.451. The van der Waals surface area contributed by atoms with Gasteiger partial charge in [0.25, 0.3) is 5.91 Å². The Morgan fingerprint density at radius 3 is 2.70 bits per heavy atom. The second-order valence-electron chi connectivity index (χ2n) is 7.79. The van der Waals surface area contributed by atoms with Gasteiger partial charge in [0.2, 0.25) is 0 Å². The van der Waals surface area contributed by atoms with E-state index in [1.807, 2.05) is 19.0 Å². The zero-order valence-electron chi connectivity index (χ0n) is 17.1. The van der Waals surface area contributed by atoms with Gasteiger partial charge in [-0.05, 0) is 31.9 Å². The van der Waals surface area contributed by atoms with Crippen LogP contribution in [0.15, 0.2) is 30.9 Å². The first-order valence-electron chi connectivity index (χ1n) is 9.82. The largest absolute Gasteiger partial charge is 0.388 e. The third-order valence-corrected chi connectivity index (χ3v) is 5.49. The number of aromatic nitrogens is 5. The van der Waals surface area contributed by atoms with Crippen LogP contribution in [-0.4, -0.2) is 73.0 Å². The van der Waals surface area contributed by atoms with E-state index in [0.29, 0.717) is 29.8 Å². The molecule has 0 radical (unpaired) electrons. The summed E-state index contributed by atoms with van der Waals surface area (Å²) in [5.74, 6) is 0.310. The Labute approximate surface area is 173 Å². The summed E-state index contributed by atoms with van der Waals surface area (Å²) in [4.78, 5) is 31.5. The maximum Gasteiger partial charge on any atom is 0.270 e. The normalized spacial score (nSPS) is 24.0. The average molecular weight is 411 g/mol. The number of rotatable bonds is 4. The molecule has 1 aliphatic carbocycles. The molecule has 4 atom stereocenters. The summed E-state index contributed by atoms with van der Waals surface area (Å²) in [6.45, 7) is 1.81. The number of aliphatic hydroxyl groups excluding tert-OH is 2. The molecule has 3 aromatic rings. The third kappa shape index (κ3) is 3.59. The van der Waals surface area contributed by atoms with Crippen LogP contribution in [0, 0.1) is 6.92 Å². The zero-order valence-corrected chi connectivity index (χ0v) is 17.1. The number of aliphatic hydroxyl groups is 2. The summed E-state index contributed by atoms with van der Waals surface area (Å²) in [6.07, 6.45) is 1.87. The molecular weight excluding hydrogens is 386 g/mol. The van der Waals surface area contributed by atoms with Gasteiger partial charge in [-0.15, -0.1) is 0 Å². The Morgan fingerprint density at radius 2 is 1.97 bits per heavy atom. The van der Waals surface area contributed by atoms with E-state index >= 15 is 0 Å². The number of nitrogens with zero attached hydrogens (tertiary/aromatic N) is 6. The molecule has 1 aliphatic rings. The second kappa shape index (κ2) is 7.96. The average Bonchev–Trinajstić information content (AvgIpc) is 3.15. The highest BCUT2D eigenvalue weighted by molar-refractivity contribution is 5.92. The first kappa shape index (κ1) is 20.2. The molecule has 1 fully saturated rings. The van der Waals surface area contributed by atoms with E-state index in [2.05, 4.69) is 25.3 Å². The molecule has 3 N–H and O–H groups in total. The molecule has 0 saturated heterocycles. The number of carbonyl (C=O) groups is 1. The summed E-state index contributed by atoms with van der Waals surface area (Å²) in [5.41, 5.74) is 2.24. The van der Waals surface area contributed by atoms with Gasteiger partial charge in [-0.3, -0.25) is 4.79 Å². The molecule has 158 valence electrons. The van der Waals surface area contributed by atoms with Crippen LogP contribution in [0.3, 0.4) is 0 Å². The molecular formula is C20H25N7O3. The quantitative estimate of drug-likeness (QED) is 0.564. The number of pyridine rings is 1. The van der Waals surface area contributed by atoms with Gasteiger partial charge in [0.15, 0.2) is 17.0 Å². The summed E-state index contributed by atoms with van der Waals surface area (Å²) < 4.78 is 1.78. The van der Waals surface area contributed by atoms with Gasteiger partial charge < -0.3 is 25.0 Å². The topological polar surface area (TPSA) is 129 Å². The van der Waals surface area contributed by atoms with E-state index in [1.54, 1.807) is 36.0 Å². The maximum absolute atomic E-state index is 12.5. The van der Waals surface area contributed by atoms with Crippen molar-refractivity contribution >= 4 is 22.9 Å². The summed E-state index contributed by atoms with van der Waals surface area (Å²) >= 11 is 0. The number of fused-ring (bicyclic) bond motifs is 1. The fourth-order valence-electron chi connectivity index (χ4n) is 3.94. The molecule has 0 aliphatic heterocycles. The van der Waals surface area contributed by atoms with E-state index in [1.165, 1.54) is 6.33 Å². The van der Waals surface area contributed by atoms with Crippen LogP contribution >= 0.6 is 0 Å². The van der Waals surface area contributed by atoms with Crippen molar-refractivity contribution in [3.05, 3.63) is 42.2 Å². The zero-order chi connectivity index (χ0) is 21.4. The summed E-state index contributed by atoms with van der Waals surface area (Å²) in [7, 11) is 3.74. The highest BCUT2D eigenvalue weighted by Gasteiger charge is 2.40. The monoisotopic (exact) mass is 411 g/mol. The van der Waals surface area contributed by atoms with Gasteiger partial charge in [0.05, 0.1) is 18.4 Å². The van der Waals surface area contributed by atoms with Gasteiger partial charge in [0, 0.05) is 19.8 Å². The molecule has 0 spiro atoms. The third-order valence-electron chi connectivity index (χ3n) is 5.49. The van der Waals surface area contributed by atoms with Crippen LogP contribution in [-0.2, 0) is 0 Å². The van der Waals surface area contributed by atoms with Gasteiger partial charge in [-0.25, -0.2) is 19.9 Å². The minimum Gasteiger partial charge on any atom is -0.388 e. The minimum atomic E-state index is -1.13. The first-order valence-corrected chi connectivity index (χ1v) is 9.82. The lowest BCUT2D eigenvalue weighted by molar-refractivity contribution is -0.0553. The van der Waals surface area contributed by atoms with Crippen molar-refractivity contribution in [3.63, 3.8) is 0 Å². The van der Waals surface area contributed by atoms with Gasteiger partial charge in [0.1, 0.15) is 24.2 Å². The summed E-state index contributed by atoms with van der Waals surface area (Å²) in [6, 6.07) is 4.19. The Bertz CT molecular complexity index is 1070. The molecule has 30 heavy (non-hydrogen) atoms. The van der Waals surface area contributed by atoms with Gasteiger partial charge in [-0.2, -0.15) is 0 Å². The summed E-state index contributed by atoms with van der Waals surface area (Å²) in [5, 5.41) is 24.3. The predicted molar refractivity (Wildman–Crippen MR) is 110 cm³/mol. The number of hydrogen-bond donors (Lipinski definition) is 3. The first-order chi connectivity index (χ1) is 14.4. The fraction of sp³-hybridized carbons (Fsp3) is 0.450.